The third kappa shape index (κ3) is 7.28. The molecule has 9 nitrogen and oxygen atoms in total. The molecule has 3 aromatic rings. The van der Waals surface area contributed by atoms with E-state index in [0.29, 0.717) is 36.2 Å². The smallest absolute Gasteiger partial charge is 0.422 e. The van der Waals surface area contributed by atoms with E-state index < -0.39 is 28.5 Å². The average molecular weight is 536 g/mol. The van der Waals surface area contributed by atoms with E-state index in [1.54, 1.807) is 18.2 Å². The maximum Gasteiger partial charge on any atom is 0.422 e. The predicted octanol–water partition coefficient (Wildman–Crippen LogP) is 3.65. The van der Waals surface area contributed by atoms with Crippen LogP contribution in [0.4, 0.5) is 13.2 Å². The van der Waals surface area contributed by atoms with Crippen LogP contribution in [0.2, 0.25) is 0 Å². The summed E-state index contributed by atoms with van der Waals surface area (Å²) in [6, 6.07) is 4.88. The van der Waals surface area contributed by atoms with Crippen LogP contribution in [-0.2, 0) is 26.8 Å². The molecular formula is C24H24F3N5O4S. The van der Waals surface area contributed by atoms with E-state index >= 15 is 0 Å². The lowest BCUT2D eigenvalue weighted by atomic mass is 9.93. The fraction of sp³-hybridized carbons (Fsp3) is 0.417. The standard InChI is InChI=1S/C24H24F3N5O4S/c1-2-18(19-7-8-29-22(31-19)13-37(34,35)17-5-6-17)21(33)9-16-4-3-15(10-30-16)20-11-28-12-23(32-20)36-14-24(25,26)27/h3-4,7-8,10-12,17-18H,2,5-6,9,13-14H2,1H3. The molecule has 3 aromatic heterocycles. The van der Waals surface area contributed by atoms with Gasteiger partial charge in [0.25, 0.3) is 0 Å². The summed E-state index contributed by atoms with van der Waals surface area (Å²) in [5, 5.41) is -0.321. The van der Waals surface area contributed by atoms with Crippen molar-refractivity contribution in [1.29, 1.82) is 0 Å². The minimum absolute atomic E-state index is 0.0128. The molecule has 1 fully saturated rings. The number of ether oxygens (including phenoxy) is 1. The molecule has 1 unspecified atom stereocenters. The topological polar surface area (TPSA) is 125 Å². The number of rotatable bonds is 11. The van der Waals surface area contributed by atoms with Crippen molar-refractivity contribution in [3.8, 4) is 17.1 Å². The van der Waals surface area contributed by atoms with Crippen LogP contribution in [0.3, 0.4) is 0 Å². The maximum absolute atomic E-state index is 13.1. The number of carbonyl (C=O) groups is 1. The highest BCUT2D eigenvalue weighted by Crippen LogP contribution is 2.30. The second-order valence-electron chi connectivity index (χ2n) is 8.69. The van der Waals surface area contributed by atoms with Crippen molar-refractivity contribution in [3.63, 3.8) is 0 Å². The van der Waals surface area contributed by atoms with Gasteiger partial charge in [0.05, 0.1) is 34.9 Å². The number of alkyl halides is 3. The van der Waals surface area contributed by atoms with Crippen LogP contribution in [-0.4, -0.2) is 57.2 Å². The summed E-state index contributed by atoms with van der Waals surface area (Å²) in [7, 11) is -3.29. The van der Waals surface area contributed by atoms with Gasteiger partial charge >= 0.3 is 6.18 Å². The molecule has 0 radical (unpaired) electrons. The Labute approximate surface area is 211 Å². The highest BCUT2D eigenvalue weighted by atomic mass is 32.2. The zero-order valence-corrected chi connectivity index (χ0v) is 20.7. The van der Waals surface area contributed by atoms with Crippen molar-refractivity contribution in [2.75, 3.05) is 6.61 Å². The molecule has 196 valence electrons. The largest absolute Gasteiger partial charge is 0.467 e. The monoisotopic (exact) mass is 535 g/mol. The number of Topliss-reactive ketones (excluding diaryl/α,β-unsaturated/α-hetero) is 1. The van der Waals surface area contributed by atoms with Gasteiger partial charge in [0.2, 0.25) is 5.88 Å². The molecule has 1 aliphatic rings. The first-order valence-corrected chi connectivity index (χ1v) is 13.3. The molecule has 0 bridgehead atoms. The van der Waals surface area contributed by atoms with Crippen molar-refractivity contribution in [3.05, 3.63) is 60.2 Å². The molecule has 13 heteroatoms. The van der Waals surface area contributed by atoms with Crippen molar-refractivity contribution in [2.24, 2.45) is 0 Å². The Balaban J connectivity index is 1.42. The SMILES string of the molecule is CCC(C(=O)Cc1ccc(-c2cncc(OCC(F)(F)F)n2)cn1)c1ccnc(CS(=O)(=O)C2CC2)n1. The van der Waals surface area contributed by atoms with Gasteiger partial charge in [-0.2, -0.15) is 13.2 Å². The molecule has 0 aromatic carbocycles. The molecule has 1 saturated carbocycles. The Hall–Kier alpha value is -3.48. The van der Waals surface area contributed by atoms with E-state index in [-0.39, 0.29) is 40.6 Å². The molecule has 4 rings (SSSR count). The van der Waals surface area contributed by atoms with Crippen molar-refractivity contribution in [1.82, 2.24) is 24.9 Å². The van der Waals surface area contributed by atoms with Gasteiger partial charge in [-0.25, -0.2) is 23.4 Å². The number of hydrogen-bond acceptors (Lipinski definition) is 9. The van der Waals surface area contributed by atoms with Crippen LogP contribution in [0.5, 0.6) is 5.88 Å². The van der Waals surface area contributed by atoms with Gasteiger partial charge in [-0.15, -0.1) is 0 Å². The number of halogens is 3. The zero-order valence-electron chi connectivity index (χ0n) is 19.8. The Morgan fingerprint density at radius 3 is 2.54 bits per heavy atom. The summed E-state index contributed by atoms with van der Waals surface area (Å²) in [6.45, 7) is 0.363. The highest BCUT2D eigenvalue weighted by molar-refractivity contribution is 7.91. The van der Waals surface area contributed by atoms with E-state index in [1.165, 1.54) is 18.6 Å². The molecule has 0 saturated heterocycles. The molecule has 1 atom stereocenters. The van der Waals surface area contributed by atoms with Crippen LogP contribution in [0, 0.1) is 0 Å². The Bertz CT molecular complexity index is 1360. The van der Waals surface area contributed by atoms with Crippen molar-refractivity contribution >= 4 is 15.6 Å². The zero-order chi connectivity index (χ0) is 26.6. The van der Waals surface area contributed by atoms with Crippen LogP contribution in [0.25, 0.3) is 11.3 Å². The fourth-order valence-corrected chi connectivity index (χ4v) is 5.29. The van der Waals surface area contributed by atoms with E-state index in [9.17, 15) is 26.4 Å². The molecule has 0 amide bonds. The van der Waals surface area contributed by atoms with E-state index in [0.717, 1.165) is 6.20 Å². The average Bonchev–Trinajstić information content (AvgIpc) is 3.70. The molecule has 3 heterocycles. The van der Waals surface area contributed by atoms with Gasteiger partial charge in [0, 0.05) is 30.1 Å². The summed E-state index contributed by atoms with van der Waals surface area (Å²) < 4.78 is 66.4. The lowest BCUT2D eigenvalue weighted by Gasteiger charge is -2.14. The van der Waals surface area contributed by atoms with Gasteiger partial charge in [0.1, 0.15) is 17.4 Å². The maximum atomic E-state index is 13.1. The molecule has 0 aliphatic heterocycles. The summed E-state index contributed by atoms with van der Waals surface area (Å²) in [4.78, 5) is 33.7. The summed E-state index contributed by atoms with van der Waals surface area (Å²) >= 11 is 0. The second-order valence-corrected chi connectivity index (χ2v) is 11.0. The number of ketones is 1. The summed E-state index contributed by atoms with van der Waals surface area (Å²) in [6.07, 6.45) is 2.67. The normalized spacial score (nSPS) is 14.8. The van der Waals surface area contributed by atoms with Gasteiger partial charge in [0.15, 0.2) is 16.4 Å². The van der Waals surface area contributed by atoms with Crippen LogP contribution in [0.15, 0.2) is 43.0 Å². The summed E-state index contributed by atoms with van der Waals surface area (Å²) in [5.41, 5.74) is 1.71. The minimum Gasteiger partial charge on any atom is -0.467 e. The summed E-state index contributed by atoms with van der Waals surface area (Å²) in [5.74, 6) is -1.03. The Kier molecular flexibility index (Phi) is 7.81. The number of pyridine rings is 1. The van der Waals surface area contributed by atoms with Gasteiger partial charge in [-0.3, -0.25) is 14.8 Å². The molecule has 0 N–H and O–H groups in total. The third-order valence-corrected chi connectivity index (χ3v) is 7.86. The molecule has 0 spiro atoms. The molecule has 1 aliphatic carbocycles. The Morgan fingerprint density at radius 1 is 1.11 bits per heavy atom. The first-order chi connectivity index (χ1) is 17.5. The quantitative estimate of drug-likeness (QED) is 0.362. The number of nitrogens with zero attached hydrogens (tertiary/aromatic N) is 5. The van der Waals surface area contributed by atoms with Crippen molar-refractivity contribution < 1.29 is 31.1 Å². The first kappa shape index (κ1) is 26.6. The lowest BCUT2D eigenvalue weighted by molar-refractivity contribution is -0.154. The highest BCUT2D eigenvalue weighted by Gasteiger charge is 2.36. The minimum atomic E-state index is -4.49. The van der Waals surface area contributed by atoms with E-state index in [4.69, 9.17) is 0 Å². The van der Waals surface area contributed by atoms with Crippen LogP contribution >= 0.6 is 0 Å². The van der Waals surface area contributed by atoms with Gasteiger partial charge < -0.3 is 4.74 Å². The number of carbonyl (C=O) groups excluding carboxylic acids is 1. The van der Waals surface area contributed by atoms with Crippen LogP contribution < -0.4 is 4.74 Å². The predicted molar refractivity (Wildman–Crippen MR) is 126 cm³/mol. The molecule has 37 heavy (non-hydrogen) atoms. The third-order valence-electron chi connectivity index (χ3n) is 5.72. The molecular weight excluding hydrogens is 511 g/mol. The Morgan fingerprint density at radius 2 is 1.89 bits per heavy atom. The van der Waals surface area contributed by atoms with Gasteiger partial charge in [-0.05, 0) is 37.5 Å². The van der Waals surface area contributed by atoms with E-state index in [2.05, 4.69) is 29.7 Å². The number of sulfone groups is 1. The van der Waals surface area contributed by atoms with Crippen molar-refractivity contribution in [2.45, 2.75) is 55.7 Å². The number of aromatic nitrogens is 5. The first-order valence-electron chi connectivity index (χ1n) is 11.6. The fourth-order valence-electron chi connectivity index (χ4n) is 3.70. The second kappa shape index (κ2) is 10.9. The van der Waals surface area contributed by atoms with Gasteiger partial charge in [-0.1, -0.05) is 6.92 Å². The number of hydrogen-bond donors (Lipinski definition) is 0. The van der Waals surface area contributed by atoms with E-state index in [1.807, 2.05) is 6.92 Å². The lowest BCUT2D eigenvalue weighted by Crippen LogP contribution is -2.19. The van der Waals surface area contributed by atoms with Crippen LogP contribution in [0.1, 0.15) is 49.3 Å².